The number of carbonyl (C=O) groups excluding carboxylic acids is 1. The van der Waals surface area contributed by atoms with E-state index in [0.29, 0.717) is 6.42 Å². The second kappa shape index (κ2) is 5.09. The van der Waals surface area contributed by atoms with Gasteiger partial charge in [0, 0.05) is 17.0 Å². The first kappa shape index (κ1) is 12.9. The molecule has 0 bridgehead atoms. The molecule has 1 aromatic carbocycles. The molecule has 20 heavy (non-hydrogen) atoms. The van der Waals surface area contributed by atoms with Crippen LogP contribution in [0.4, 0.5) is 5.69 Å². The summed E-state index contributed by atoms with van der Waals surface area (Å²) in [5.41, 5.74) is 1.64. The van der Waals surface area contributed by atoms with Gasteiger partial charge >= 0.3 is 5.97 Å². The van der Waals surface area contributed by atoms with E-state index in [1.165, 1.54) is 16.2 Å². The molecule has 1 aliphatic heterocycles. The van der Waals surface area contributed by atoms with Gasteiger partial charge in [-0.25, -0.2) is 4.79 Å². The van der Waals surface area contributed by atoms with E-state index in [2.05, 4.69) is 0 Å². The summed E-state index contributed by atoms with van der Waals surface area (Å²) in [7, 11) is 0. The van der Waals surface area contributed by atoms with E-state index >= 15 is 0 Å². The zero-order valence-corrected chi connectivity index (χ0v) is 11.5. The molecule has 1 atom stereocenters. The second-order valence-corrected chi connectivity index (χ2v) is 5.74. The van der Waals surface area contributed by atoms with Gasteiger partial charge in [-0.15, -0.1) is 11.3 Å². The van der Waals surface area contributed by atoms with E-state index in [-0.39, 0.29) is 12.3 Å². The number of hydrogen-bond donors (Lipinski definition) is 1. The summed E-state index contributed by atoms with van der Waals surface area (Å²) < 4.78 is 0. The van der Waals surface area contributed by atoms with Gasteiger partial charge in [-0.05, 0) is 23.1 Å². The van der Waals surface area contributed by atoms with Crippen LogP contribution < -0.4 is 4.90 Å². The smallest absolute Gasteiger partial charge is 0.327 e. The van der Waals surface area contributed by atoms with E-state index in [9.17, 15) is 14.7 Å². The monoisotopic (exact) mass is 287 g/mol. The van der Waals surface area contributed by atoms with Gasteiger partial charge in [0.1, 0.15) is 6.04 Å². The standard InChI is InChI=1S/C15H13NO3S/c17-14(9-11-5-3-7-20-11)16-12-6-2-1-4-10(12)8-13(16)15(18)19/h1-7,13H,8-9H2,(H,18,19)/t13-/m0/s1. The van der Waals surface area contributed by atoms with Gasteiger partial charge < -0.3 is 5.11 Å². The van der Waals surface area contributed by atoms with Gasteiger partial charge in [-0.3, -0.25) is 9.69 Å². The molecular weight excluding hydrogens is 274 g/mol. The van der Waals surface area contributed by atoms with Gasteiger partial charge in [0.05, 0.1) is 6.42 Å². The molecule has 0 saturated heterocycles. The highest BCUT2D eigenvalue weighted by Crippen LogP contribution is 2.32. The van der Waals surface area contributed by atoms with Crippen LogP contribution in [0.1, 0.15) is 10.4 Å². The van der Waals surface area contributed by atoms with Crippen molar-refractivity contribution < 1.29 is 14.7 Å². The zero-order chi connectivity index (χ0) is 14.1. The van der Waals surface area contributed by atoms with Crippen LogP contribution in [0.2, 0.25) is 0 Å². The van der Waals surface area contributed by atoms with Gasteiger partial charge in [-0.2, -0.15) is 0 Å². The molecule has 0 saturated carbocycles. The number of carbonyl (C=O) groups is 2. The third kappa shape index (κ3) is 2.20. The van der Waals surface area contributed by atoms with E-state index in [1.807, 2.05) is 41.8 Å². The number of para-hydroxylation sites is 1. The second-order valence-electron chi connectivity index (χ2n) is 4.71. The summed E-state index contributed by atoms with van der Waals surface area (Å²) in [4.78, 5) is 26.2. The van der Waals surface area contributed by atoms with Crippen LogP contribution in [-0.4, -0.2) is 23.0 Å². The molecule has 5 heteroatoms. The molecular formula is C15H13NO3S. The minimum Gasteiger partial charge on any atom is -0.480 e. The summed E-state index contributed by atoms with van der Waals surface area (Å²) >= 11 is 1.51. The number of rotatable bonds is 3. The maximum absolute atomic E-state index is 12.5. The topological polar surface area (TPSA) is 57.6 Å². The lowest BCUT2D eigenvalue weighted by Crippen LogP contribution is -2.43. The van der Waals surface area contributed by atoms with Crippen molar-refractivity contribution in [3.05, 3.63) is 52.2 Å². The molecule has 0 radical (unpaired) electrons. The Balaban J connectivity index is 1.92. The number of amides is 1. The molecule has 0 spiro atoms. The maximum Gasteiger partial charge on any atom is 0.327 e. The Morgan fingerprint density at radius 2 is 2.05 bits per heavy atom. The van der Waals surface area contributed by atoms with E-state index in [1.54, 1.807) is 0 Å². The van der Waals surface area contributed by atoms with E-state index < -0.39 is 12.0 Å². The van der Waals surface area contributed by atoms with Crippen LogP contribution in [0, 0.1) is 0 Å². The molecule has 3 rings (SSSR count). The third-order valence-electron chi connectivity index (χ3n) is 3.44. The molecule has 102 valence electrons. The molecule has 2 heterocycles. The summed E-state index contributed by atoms with van der Waals surface area (Å²) in [5, 5.41) is 11.3. The van der Waals surface area contributed by atoms with E-state index in [4.69, 9.17) is 0 Å². The van der Waals surface area contributed by atoms with E-state index in [0.717, 1.165) is 16.1 Å². The fourth-order valence-electron chi connectivity index (χ4n) is 2.54. The molecule has 2 aromatic rings. The number of nitrogens with zero attached hydrogens (tertiary/aromatic N) is 1. The molecule has 1 amide bonds. The number of fused-ring (bicyclic) bond motifs is 1. The Labute approximate surface area is 120 Å². The summed E-state index contributed by atoms with van der Waals surface area (Å²) in [6.45, 7) is 0. The molecule has 0 aliphatic carbocycles. The average molecular weight is 287 g/mol. The predicted octanol–water partition coefficient (Wildman–Crippen LogP) is 2.33. The molecule has 0 unspecified atom stereocenters. The summed E-state index contributed by atoms with van der Waals surface area (Å²) in [6, 6.07) is 10.4. The van der Waals surface area contributed by atoms with Crippen LogP contribution in [0.25, 0.3) is 0 Å². The average Bonchev–Trinajstić information content (AvgIpc) is 3.04. The molecule has 0 fully saturated rings. The molecule has 1 aromatic heterocycles. The van der Waals surface area contributed by atoms with Crippen molar-refractivity contribution in [1.29, 1.82) is 0 Å². The van der Waals surface area contributed by atoms with Crippen LogP contribution in [0.3, 0.4) is 0 Å². The van der Waals surface area contributed by atoms with Crippen LogP contribution in [-0.2, 0) is 22.4 Å². The summed E-state index contributed by atoms with van der Waals surface area (Å²) in [5.74, 6) is -1.12. The first-order valence-corrected chi connectivity index (χ1v) is 7.20. The number of hydrogen-bond acceptors (Lipinski definition) is 3. The first-order chi connectivity index (χ1) is 9.66. The van der Waals surface area contributed by atoms with Crippen molar-refractivity contribution in [1.82, 2.24) is 0 Å². The Morgan fingerprint density at radius 1 is 1.25 bits per heavy atom. The highest BCUT2D eigenvalue weighted by atomic mass is 32.1. The lowest BCUT2D eigenvalue weighted by Gasteiger charge is -2.22. The van der Waals surface area contributed by atoms with Gasteiger partial charge in [0.25, 0.3) is 0 Å². The maximum atomic E-state index is 12.5. The minimum absolute atomic E-state index is 0.162. The Kier molecular flexibility index (Phi) is 3.28. The SMILES string of the molecule is O=C(O)[C@@H]1Cc2ccccc2N1C(=O)Cc1cccs1. The lowest BCUT2D eigenvalue weighted by molar-refractivity contribution is -0.139. The van der Waals surface area contributed by atoms with Crippen molar-refractivity contribution in [2.24, 2.45) is 0 Å². The third-order valence-corrected chi connectivity index (χ3v) is 4.31. The zero-order valence-electron chi connectivity index (χ0n) is 10.7. The number of carboxylic acid groups (broad SMARTS) is 1. The van der Waals surface area contributed by atoms with Crippen LogP contribution in [0.15, 0.2) is 41.8 Å². The minimum atomic E-state index is -0.958. The lowest BCUT2D eigenvalue weighted by atomic mass is 10.1. The van der Waals surface area contributed by atoms with Crippen LogP contribution in [0.5, 0.6) is 0 Å². The number of anilines is 1. The summed E-state index contributed by atoms with van der Waals surface area (Å²) in [6.07, 6.45) is 0.622. The van der Waals surface area contributed by atoms with Crippen molar-refractivity contribution in [2.75, 3.05) is 4.90 Å². The molecule has 1 N–H and O–H groups in total. The Hall–Kier alpha value is -2.14. The first-order valence-electron chi connectivity index (χ1n) is 6.32. The Bertz CT molecular complexity index is 651. The van der Waals surface area contributed by atoms with Crippen molar-refractivity contribution in [2.45, 2.75) is 18.9 Å². The highest BCUT2D eigenvalue weighted by molar-refractivity contribution is 7.10. The van der Waals surface area contributed by atoms with Crippen molar-refractivity contribution in [3.8, 4) is 0 Å². The number of carboxylic acids is 1. The Morgan fingerprint density at radius 3 is 2.75 bits per heavy atom. The predicted molar refractivity (Wildman–Crippen MR) is 77.1 cm³/mol. The highest BCUT2D eigenvalue weighted by Gasteiger charge is 2.37. The normalized spacial score (nSPS) is 17.0. The number of aliphatic carboxylic acids is 1. The van der Waals surface area contributed by atoms with Gasteiger partial charge in [0.2, 0.25) is 5.91 Å². The van der Waals surface area contributed by atoms with Crippen molar-refractivity contribution >= 4 is 28.9 Å². The largest absolute Gasteiger partial charge is 0.480 e. The fourth-order valence-corrected chi connectivity index (χ4v) is 3.24. The quantitative estimate of drug-likeness (QED) is 0.942. The molecule has 1 aliphatic rings. The number of benzene rings is 1. The van der Waals surface area contributed by atoms with Crippen molar-refractivity contribution in [3.63, 3.8) is 0 Å². The molecule has 4 nitrogen and oxygen atoms in total. The fraction of sp³-hybridized carbons (Fsp3) is 0.200. The van der Waals surface area contributed by atoms with Gasteiger partial charge in [0.15, 0.2) is 0 Å². The van der Waals surface area contributed by atoms with Gasteiger partial charge in [-0.1, -0.05) is 24.3 Å². The number of thiophene rings is 1. The van der Waals surface area contributed by atoms with Crippen LogP contribution >= 0.6 is 11.3 Å².